The lowest BCUT2D eigenvalue weighted by Gasteiger charge is -2.15. The van der Waals surface area contributed by atoms with E-state index in [2.05, 4.69) is 34.7 Å². The summed E-state index contributed by atoms with van der Waals surface area (Å²) in [7, 11) is 2.22. The first-order valence-corrected chi connectivity index (χ1v) is 9.87. The van der Waals surface area contributed by atoms with Crippen LogP contribution < -0.4 is 4.74 Å². The van der Waals surface area contributed by atoms with Crippen LogP contribution in [0.4, 0.5) is 4.39 Å². The summed E-state index contributed by atoms with van der Waals surface area (Å²) in [5.41, 5.74) is 2.05. The molecule has 0 amide bonds. The molecule has 1 aliphatic rings. The van der Waals surface area contributed by atoms with E-state index >= 15 is 0 Å². The SMILES string of the molecule is CN(CCCCOc1ccc2c(ccn2-c2ccc(F)cc2)c1)CC1CC1. The van der Waals surface area contributed by atoms with Crippen LogP contribution in [0.3, 0.4) is 0 Å². The maximum absolute atomic E-state index is 13.1. The Morgan fingerprint density at radius 3 is 2.67 bits per heavy atom. The predicted octanol–water partition coefficient (Wildman–Crippen LogP) is 5.27. The molecule has 2 aromatic carbocycles. The Morgan fingerprint density at radius 2 is 1.89 bits per heavy atom. The monoisotopic (exact) mass is 366 g/mol. The van der Waals surface area contributed by atoms with E-state index in [-0.39, 0.29) is 5.82 Å². The molecule has 0 N–H and O–H groups in total. The Bertz CT molecular complexity index is 883. The van der Waals surface area contributed by atoms with Gasteiger partial charge in [-0.15, -0.1) is 0 Å². The average molecular weight is 366 g/mol. The van der Waals surface area contributed by atoms with Crippen molar-refractivity contribution in [2.24, 2.45) is 5.92 Å². The molecule has 1 aromatic heterocycles. The molecule has 0 unspecified atom stereocenters. The Hall–Kier alpha value is -2.33. The molecule has 1 saturated carbocycles. The Morgan fingerprint density at radius 1 is 1.07 bits per heavy atom. The van der Waals surface area contributed by atoms with Crippen molar-refractivity contribution >= 4 is 10.9 Å². The van der Waals surface area contributed by atoms with Crippen LogP contribution in [-0.4, -0.2) is 36.2 Å². The van der Waals surface area contributed by atoms with Crippen molar-refractivity contribution in [2.75, 3.05) is 26.7 Å². The van der Waals surface area contributed by atoms with Gasteiger partial charge in [0.05, 0.1) is 12.1 Å². The van der Waals surface area contributed by atoms with E-state index in [1.807, 2.05) is 12.3 Å². The number of benzene rings is 2. The maximum Gasteiger partial charge on any atom is 0.123 e. The van der Waals surface area contributed by atoms with E-state index in [4.69, 9.17) is 4.74 Å². The summed E-state index contributed by atoms with van der Waals surface area (Å²) in [4.78, 5) is 2.45. The number of fused-ring (bicyclic) bond motifs is 1. The highest BCUT2D eigenvalue weighted by Crippen LogP contribution is 2.29. The molecular weight excluding hydrogens is 339 g/mol. The molecule has 1 aliphatic carbocycles. The van der Waals surface area contributed by atoms with Gasteiger partial charge in [0.2, 0.25) is 0 Å². The van der Waals surface area contributed by atoms with E-state index in [0.29, 0.717) is 0 Å². The third kappa shape index (κ3) is 4.69. The summed E-state index contributed by atoms with van der Waals surface area (Å²) >= 11 is 0. The summed E-state index contributed by atoms with van der Waals surface area (Å²) in [6, 6.07) is 14.8. The fourth-order valence-electron chi connectivity index (χ4n) is 3.54. The molecule has 4 heteroatoms. The van der Waals surface area contributed by atoms with Gasteiger partial charge in [-0.3, -0.25) is 0 Å². The smallest absolute Gasteiger partial charge is 0.123 e. The van der Waals surface area contributed by atoms with Crippen LogP contribution in [0.2, 0.25) is 0 Å². The minimum atomic E-state index is -0.218. The van der Waals surface area contributed by atoms with E-state index in [1.54, 1.807) is 12.1 Å². The van der Waals surface area contributed by atoms with Gasteiger partial charge in [0.15, 0.2) is 0 Å². The van der Waals surface area contributed by atoms with Crippen LogP contribution >= 0.6 is 0 Å². The van der Waals surface area contributed by atoms with Crippen LogP contribution in [-0.2, 0) is 0 Å². The minimum Gasteiger partial charge on any atom is -0.494 e. The third-order valence-corrected chi connectivity index (χ3v) is 5.24. The molecule has 1 heterocycles. The van der Waals surface area contributed by atoms with Crippen LogP contribution in [0.1, 0.15) is 25.7 Å². The normalized spacial score (nSPS) is 14.2. The van der Waals surface area contributed by atoms with E-state index in [1.165, 1.54) is 37.9 Å². The summed E-state index contributed by atoms with van der Waals surface area (Å²) < 4.78 is 21.1. The van der Waals surface area contributed by atoms with Crippen molar-refractivity contribution in [3.8, 4) is 11.4 Å². The molecule has 3 nitrogen and oxygen atoms in total. The molecule has 0 radical (unpaired) electrons. The van der Waals surface area contributed by atoms with Crippen molar-refractivity contribution in [3.05, 3.63) is 60.5 Å². The number of aromatic nitrogens is 1. The van der Waals surface area contributed by atoms with Gasteiger partial charge in [0, 0.05) is 23.8 Å². The third-order valence-electron chi connectivity index (χ3n) is 5.24. The molecular formula is C23H27FN2O. The number of halogens is 1. The standard InChI is InChI=1S/C23H27FN2O/c1-25(17-18-4-5-18)13-2-3-15-27-22-10-11-23-19(16-22)12-14-26(23)21-8-6-20(24)7-9-21/h6-12,14,16,18H,2-5,13,15,17H2,1H3. The lowest BCUT2D eigenvalue weighted by atomic mass is 10.2. The molecule has 4 rings (SSSR count). The zero-order valence-electron chi connectivity index (χ0n) is 15.9. The van der Waals surface area contributed by atoms with Crippen LogP contribution in [0.15, 0.2) is 54.7 Å². The first kappa shape index (κ1) is 18.1. The fraction of sp³-hybridized carbons (Fsp3) is 0.391. The van der Waals surface area contributed by atoms with Gasteiger partial charge in [-0.2, -0.15) is 0 Å². The maximum atomic E-state index is 13.1. The number of hydrogen-bond acceptors (Lipinski definition) is 2. The molecule has 1 fully saturated rings. The van der Waals surface area contributed by atoms with Gasteiger partial charge in [-0.05, 0) is 93.7 Å². The first-order valence-electron chi connectivity index (χ1n) is 9.87. The van der Waals surface area contributed by atoms with Crippen LogP contribution in [0.5, 0.6) is 5.75 Å². The second kappa shape index (κ2) is 8.13. The molecule has 0 saturated heterocycles. The van der Waals surface area contributed by atoms with Crippen molar-refractivity contribution < 1.29 is 9.13 Å². The molecule has 0 bridgehead atoms. The van der Waals surface area contributed by atoms with Crippen LogP contribution in [0.25, 0.3) is 16.6 Å². The molecule has 0 aliphatic heterocycles. The zero-order valence-corrected chi connectivity index (χ0v) is 15.9. The summed E-state index contributed by atoms with van der Waals surface area (Å²) in [6.07, 6.45) is 7.09. The second-order valence-corrected chi connectivity index (χ2v) is 7.64. The van der Waals surface area contributed by atoms with Crippen molar-refractivity contribution in [3.63, 3.8) is 0 Å². The largest absolute Gasteiger partial charge is 0.494 e. The zero-order chi connectivity index (χ0) is 18.6. The van der Waals surface area contributed by atoms with Crippen molar-refractivity contribution in [1.82, 2.24) is 9.47 Å². The van der Waals surface area contributed by atoms with Gasteiger partial charge < -0.3 is 14.2 Å². The topological polar surface area (TPSA) is 17.4 Å². The molecule has 27 heavy (non-hydrogen) atoms. The summed E-state index contributed by atoms with van der Waals surface area (Å²) in [6.45, 7) is 3.16. The highest BCUT2D eigenvalue weighted by atomic mass is 19.1. The number of nitrogens with zero attached hydrogens (tertiary/aromatic N) is 2. The highest BCUT2D eigenvalue weighted by molar-refractivity contribution is 5.83. The number of unbranched alkanes of at least 4 members (excludes halogenated alkanes) is 1. The second-order valence-electron chi connectivity index (χ2n) is 7.64. The Balaban J connectivity index is 1.30. The van der Waals surface area contributed by atoms with E-state index in [9.17, 15) is 4.39 Å². The lowest BCUT2D eigenvalue weighted by Crippen LogP contribution is -2.22. The Kier molecular flexibility index (Phi) is 5.44. The lowest BCUT2D eigenvalue weighted by molar-refractivity contribution is 0.274. The minimum absolute atomic E-state index is 0.218. The number of rotatable bonds is 9. The van der Waals surface area contributed by atoms with Crippen LogP contribution in [0, 0.1) is 11.7 Å². The average Bonchev–Trinajstić information content (AvgIpc) is 3.38. The number of ether oxygens (including phenoxy) is 1. The van der Waals surface area contributed by atoms with E-state index < -0.39 is 0 Å². The van der Waals surface area contributed by atoms with E-state index in [0.717, 1.165) is 47.8 Å². The van der Waals surface area contributed by atoms with Gasteiger partial charge in [0.1, 0.15) is 11.6 Å². The van der Waals surface area contributed by atoms with Gasteiger partial charge in [-0.25, -0.2) is 4.39 Å². The van der Waals surface area contributed by atoms with Gasteiger partial charge >= 0.3 is 0 Å². The predicted molar refractivity (Wildman–Crippen MR) is 108 cm³/mol. The van der Waals surface area contributed by atoms with Gasteiger partial charge in [0.25, 0.3) is 0 Å². The molecule has 142 valence electrons. The summed E-state index contributed by atoms with van der Waals surface area (Å²) in [5.74, 6) is 1.65. The highest BCUT2D eigenvalue weighted by Gasteiger charge is 2.22. The quantitative estimate of drug-likeness (QED) is 0.480. The molecule has 0 spiro atoms. The molecule has 3 aromatic rings. The number of hydrogen-bond donors (Lipinski definition) is 0. The molecule has 0 atom stereocenters. The summed E-state index contributed by atoms with van der Waals surface area (Å²) in [5, 5.41) is 1.13. The first-order chi connectivity index (χ1) is 13.2. The van der Waals surface area contributed by atoms with Crippen molar-refractivity contribution in [2.45, 2.75) is 25.7 Å². The fourth-order valence-corrected chi connectivity index (χ4v) is 3.54. The van der Waals surface area contributed by atoms with Gasteiger partial charge in [-0.1, -0.05) is 0 Å². The Labute approximate surface area is 160 Å². The van der Waals surface area contributed by atoms with Crippen molar-refractivity contribution in [1.29, 1.82) is 0 Å².